The molecule has 0 radical (unpaired) electrons. The molecule has 1 aliphatic carbocycles. The minimum atomic E-state index is -0.595. The molecule has 1 saturated carbocycles. The Kier molecular flexibility index (Phi) is 1.90. The largest absolute Gasteiger partial charge is 0.390 e. The summed E-state index contributed by atoms with van der Waals surface area (Å²) in [6.07, 6.45) is 3.41. The van der Waals surface area contributed by atoms with Gasteiger partial charge in [-0.15, -0.1) is 0 Å². The van der Waals surface area contributed by atoms with Crippen LogP contribution in [0.2, 0.25) is 0 Å². The van der Waals surface area contributed by atoms with Crippen molar-refractivity contribution in [3.8, 4) is 0 Å². The van der Waals surface area contributed by atoms with Gasteiger partial charge in [-0.05, 0) is 19.8 Å². The molecule has 70 valence electrons. The first-order chi connectivity index (χ1) is 5.62. The average molecular weight is 172 g/mol. The van der Waals surface area contributed by atoms with Gasteiger partial charge in [-0.2, -0.15) is 0 Å². The summed E-state index contributed by atoms with van der Waals surface area (Å²) in [7, 11) is 0. The molecule has 1 aliphatic heterocycles. The fourth-order valence-electron chi connectivity index (χ4n) is 2.24. The van der Waals surface area contributed by atoms with Gasteiger partial charge in [-0.3, -0.25) is 0 Å². The highest BCUT2D eigenvalue weighted by Gasteiger charge is 2.45. The van der Waals surface area contributed by atoms with E-state index in [2.05, 4.69) is 0 Å². The summed E-state index contributed by atoms with van der Waals surface area (Å²) in [6.45, 7) is 3.21. The van der Waals surface area contributed by atoms with E-state index in [0.717, 1.165) is 19.3 Å². The minimum Gasteiger partial charge on any atom is -0.390 e. The molecule has 2 fully saturated rings. The van der Waals surface area contributed by atoms with Crippen molar-refractivity contribution in [2.45, 2.75) is 44.0 Å². The molecular formula is C9H16O3. The molecule has 1 atom stereocenters. The van der Waals surface area contributed by atoms with Crippen LogP contribution in [0.25, 0.3) is 0 Å². The van der Waals surface area contributed by atoms with E-state index in [1.165, 1.54) is 0 Å². The Morgan fingerprint density at radius 1 is 1.17 bits per heavy atom. The maximum Gasteiger partial charge on any atom is 0.171 e. The van der Waals surface area contributed by atoms with E-state index < -0.39 is 11.4 Å². The average Bonchev–Trinajstić information content (AvgIpc) is 2.34. The van der Waals surface area contributed by atoms with Gasteiger partial charge in [0, 0.05) is 12.8 Å². The number of hydrogen-bond acceptors (Lipinski definition) is 3. The van der Waals surface area contributed by atoms with Crippen molar-refractivity contribution in [1.29, 1.82) is 0 Å². The monoisotopic (exact) mass is 172 g/mol. The SMILES string of the molecule is CC1(O)CCCC2(C1)OCCO2. The van der Waals surface area contributed by atoms with E-state index in [4.69, 9.17) is 9.47 Å². The molecule has 1 spiro atoms. The van der Waals surface area contributed by atoms with Crippen molar-refractivity contribution in [1.82, 2.24) is 0 Å². The highest BCUT2D eigenvalue weighted by Crippen LogP contribution is 2.40. The predicted octanol–water partition coefficient (Wildman–Crippen LogP) is 1.05. The van der Waals surface area contributed by atoms with Crippen LogP contribution in [-0.2, 0) is 9.47 Å². The van der Waals surface area contributed by atoms with Gasteiger partial charge in [0.1, 0.15) is 0 Å². The standard InChI is InChI=1S/C9H16O3/c1-8(10)3-2-4-9(7-8)11-5-6-12-9/h10H,2-7H2,1H3. The first-order valence-corrected chi connectivity index (χ1v) is 4.62. The summed E-state index contributed by atoms with van der Waals surface area (Å²) in [6, 6.07) is 0. The van der Waals surface area contributed by atoms with Crippen LogP contribution in [0.1, 0.15) is 32.6 Å². The van der Waals surface area contributed by atoms with Crippen LogP contribution in [-0.4, -0.2) is 29.7 Å². The van der Waals surface area contributed by atoms with E-state index in [1.807, 2.05) is 6.92 Å². The Morgan fingerprint density at radius 3 is 2.42 bits per heavy atom. The molecule has 1 N–H and O–H groups in total. The topological polar surface area (TPSA) is 38.7 Å². The van der Waals surface area contributed by atoms with Crippen molar-refractivity contribution >= 4 is 0 Å². The van der Waals surface area contributed by atoms with Crippen LogP contribution in [0.15, 0.2) is 0 Å². The zero-order valence-electron chi connectivity index (χ0n) is 7.51. The molecular weight excluding hydrogens is 156 g/mol. The first-order valence-electron chi connectivity index (χ1n) is 4.62. The molecule has 0 aromatic rings. The van der Waals surface area contributed by atoms with Crippen LogP contribution in [0.5, 0.6) is 0 Å². The predicted molar refractivity (Wildman–Crippen MR) is 43.7 cm³/mol. The molecule has 3 heteroatoms. The molecule has 12 heavy (non-hydrogen) atoms. The lowest BCUT2D eigenvalue weighted by atomic mass is 9.82. The van der Waals surface area contributed by atoms with Crippen LogP contribution >= 0.6 is 0 Å². The first kappa shape index (κ1) is 8.48. The quantitative estimate of drug-likeness (QED) is 0.593. The number of rotatable bonds is 0. The van der Waals surface area contributed by atoms with Crippen molar-refractivity contribution in [3.63, 3.8) is 0 Å². The van der Waals surface area contributed by atoms with Gasteiger partial charge >= 0.3 is 0 Å². The normalized spacial score (nSPS) is 40.5. The highest BCUT2D eigenvalue weighted by molar-refractivity contribution is 4.90. The Bertz CT molecular complexity index is 171. The van der Waals surface area contributed by atoms with Gasteiger partial charge in [0.2, 0.25) is 0 Å². The molecule has 1 saturated heterocycles. The fourth-order valence-corrected chi connectivity index (χ4v) is 2.24. The molecule has 0 amide bonds. The lowest BCUT2D eigenvalue weighted by Gasteiger charge is -2.39. The van der Waals surface area contributed by atoms with E-state index in [-0.39, 0.29) is 0 Å². The summed E-state index contributed by atoms with van der Waals surface area (Å²) in [5.74, 6) is -0.443. The second kappa shape index (κ2) is 2.69. The second-order valence-corrected chi connectivity index (χ2v) is 4.13. The van der Waals surface area contributed by atoms with E-state index in [0.29, 0.717) is 19.6 Å². The molecule has 1 unspecified atom stereocenters. The van der Waals surface area contributed by atoms with Crippen molar-refractivity contribution in [2.75, 3.05) is 13.2 Å². The number of hydrogen-bond donors (Lipinski definition) is 1. The summed E-state index contributed by atoms with van der Waals surface area (Å²) in [5.41, 5.74) is -0.595. The molecule has 0 aromatic heterocycles. The maximum absolute atomic E-state index is 9.84. The van der Waals surface area contributed by atoms with Crippen molar-refractivity contribution in [3.05, 3.63) is 0 Å². The summed E-state index contributed by atoms with van der Waals surface area (Å²) < 4.78 is 11.1. The van der Waals surface area contributed by atoms with E-state index in [1.54, 1.807) is 0 Å². The van der Waals surface area contributed by atoms with Crippen LogP contribution in [0.4, 0.5) is 0 Å². The van der Waals surface area contributed by atoms with Gasteiger partial charge in [0.25, 0.3) is 0 Å². The molecule has 2 rings (SSSR count). The lowest BCUT2D eigenvalue weighted by Crippen LogP contribution is -2.44. The van der Waals surface area contributed by atoms with E-state index in [9.17, 15) is 5.11 Å². The zero-order valence-corrected chi connectivity index (χ0v) is 7.51. The van der Waals surface area contributed by atoms with Gasteiger partial charge in [-0.1, -0.05) is 0 Å². The Labute approximate surface area is 72.7 Å². The second-order valence-electron chi connectivity index (χ2n) is 4.13. The highest BCUT2D eigenvalue weighted by atomic mass is 16.7. The van der Waals surface area contributed by atoms with Crippen molar-refractivity contribution < 1.29 is 14.6 Å². The number of ether oxygens (including phenoxy) is 2. The summed E-state index contributed by atoms with van der Waals surface area (Å²) in [4.78, 5) is 0. The third-order valence-corrected chi connectivity index (χ3v) is 2.74. The molecule has 3 nitrogen and oxygen atoms in total. The number of aliphatic hydroxyl groups is 1. The van der Waals surface area contributed by atoms with Gasteiger partial charge in [0.05, 0.1) is 18.8 Å². The Balaban J connectivity index is 2.07. The van der Waals surface area contributed by atoms with Gasteiger partial charge < -0.3 is 14.6 Å². The zero-order chi connectivity index (χ0) is 8.66. The Morgan fingerprint density at radius 2 is 1.83 bits per heavy atom. The minimum absolute atomic E-state index is 0.443. The maximum atomic E-state index is 9.84. The smallest absolute Gasteiger partial charge is 0.171 e. The summed E-state index contributed by atoms with van der Waals surface area (Å²) in [5, 5.41) is 9.84. The van der Waals surface area contributed by atoms with Crippen molar-refractivity contribution in [2.24, 2.45) is 0 Å². The Hall–Kier alpha value is -0.120. The van der Waals surface area contributed by atoms with Crippen LogP contribution in [0.3, 0.4) is 0 Å². The molecule has 0 aromatic carbocycles. The fraction of sp³-hybridized carbons (Fsp3) is 1.00. The van der Waals surface area contributed by atoms with Gasteiger partial charge in [-0.25, -0.2) is 0 Å². The van der Waals surface area contributed by atoms with Crippen LogP contribution < -0.4 is 0 Å². The molecule has 1 heterocycles. The molecule has 0 bridgehead atoms. The van der Waals surface area contributed by atoms with Crippen LogP contribution in [0, 0.1) is 0 Å². The third kappa shape index (κ3) is 1.49. The lowest BCUT2D eigenvalue weighted by molar-refractivity contribution is -0.214. The summed E-state index contributed by atoms with van der Waals surface area (Å²) >= 11 is 0. The third-order valence-electron chi connectivity index (χ3n) is 2.74. The van der Waals surface area contributed by atoms with E-state index >= 15 is 0 Å². The van der Waals surface area contributed by atoms with Gasteiger partial charge in [0.15, 0.2) is 5.79 Å². The molecule has 2 aliphatic rings.